The second kappa shape index (κ2) is 5.32. The first kappa shape index (κ1) is 12.6. The molecule has 5 heteroatoms. The molecule has 0 radical (unpaired) electrons. The molecule has 1 aromatic carbocycles. The number of rotatable bonds is 3. The lowest BCUT2D eigenvalue weighted by atomic mass is 10.1. The van der Waals surface area contributed by atoms with Crippen LogP contribution in [0.25, 0.3) is 11.0 Å². The van der Waals surface area contributed by atoms with Gasteiger partial charge < -0.3 is 4.57 Å². The SMILES string of the molecule is N#Cc1ccc(Cn2c(CCl)nc3cnccc32)cc1. The van der Waals surface area contributed by atoms with Crippen LogP contribution in [0.15, 0.2) is 42.7 Å². The Labute approximate surface area is 121 Å². The monoisotopic (exact) mass is 282 g/mol. The van der Waals surface area contributed by atoms with Crippen molar-refractivity contribution in [1.82, 2.24) is 14.5 Å². The molecule has 20 heavy (non-hydrogen) atoms. The van der Waals surface area contributed by atoms with Crippen molar-refractivity contribution in [3.05, 3.63) is 59.7 Å². The third-order valence-corrected chi connectivity index (χ3v) is 3.41. The van der Waals surface area contributed by atoms with Gasteiger partial charge in [0.1, 0.15) is 11.3 Å². The van der Waals surface area contributed by atoms with Gasteiger partial charge in [0.25, 0.3) is 0 Å². The van der Waals surface area contributed by atoms with Crippen LogP contribution in [0.3, 0.4) is 0 Å². The van der Waals surface area contributed by atoms with Gasteiger partial charge >= 0.3 is 0 Å². The van der Waals surface area contributed by atoms with Crippen LogP contribution >= 0.6 is 11.6 Å². The first-order valence-electron chi connectivity index (χ1n) is 6.16. The molecule has 0 aliphatic rings. The lowest BCUT2D eigenvalue weighted by Gasteiger charge is -2.07. The zero-order valence-electron chi connectivity index (χ0n) is 10.6. The molecule has 0 aliphatic heterocycles. The second-order valence-electron chi connectivity index (χ2n) is 4.42. The van der Waals surface area contributed by atoms with E-state index in [0.29, 0.717) is 18.0 Å². The molecule has 98 valence electrons. The Kier molecular flexibility index (Phi) is 3.36. The Morgan fingerprint density at radius 1 is 1.20 bits per heavy atom. The fraction of sp³-hybridized carbons (Fsp3) is 0.133. The minimum absolute atomic E-state index is 0.352. The number of pyridine rings is 1. The molecule has 0 amide bonds. The van der Waals surface area contributed by atoms with Gasteiger partial charge in [0, 0.05) is 12.7 Å². The van der Waals surface area contributed by atoms with Crippen molar-refractivity contribution in [3.63, 3.8) is 0 Å². The van der Waals surface area contributed by atoms with Gasteiger partial charge in [0.05, 0.1) is 29.2 Å². The molecule has 3 rings (SSSR count). The molecule has 2 aromatic heterocycles. The molecule has 0 N–H and O–H groups in total. The summed E-state index contributed by atoms with van der Waals surface area (Å²) in [6.07, 6.45) is 3.48. The summed E-state index contributed by atoms with van der Waals surface area (Å²) in [5, 5.41) is 8.82. The van der Waals surface area contributed by atoms with E-state index in [2.05, 4.69) is 20.6 Å². The zero-order valence-corrected chi connectivity index (χ0v) is 11.4. The maximum atomic E-state index is 8.82. The predicted molar refractivity (Wildman–Crippen MR) is 77.3 cm³/mol. The summed E-state index contributed by atoms with van der Waals surface area (Å²) < 4.78 is 2.07. The topological polar surface area (TPSA) is 54.5 Å². The van der Waals surface area contributed by atoms with Crippen LogP contribution < -0.4 is 0 Å². The number of hydrogen-bond donors (Lipinski definition) is 0. The number of benzene rings is 1. The highest BCUT2D eigenvalue weighted by Crippen LogP contribution is 2.18. The van der Waals surface area contributed by atoms with E-state index in [4.69, 9.17) is 16.9 Å². The normalized spacial score (nSPS) is 10.6. The fourth-order valence-corrected chi connectivity index (χ4v) is 2.38. The number of hydrogen-bond acceptors (Lipinski definition) is 3. The molecule has 4 nitrogen and oxygen atoms in total. The molecule has 0 saturated carbocycles. The van der Waals surface area contributed by atoms with Crippen LogP contribution in [-0.4, -0.2) is 14.5 Å². The number of nitriles is 1. The minimum Gasteiger partial charge on any atom is -0.322 e. The molecular weight excluding hydrogens is 272 g/mol. The minimum atomic E-state index is 0.352. The van der Waals surface area contributed by atoms with E-state index < -0.39 is 0 Å². The van der Waals surface area contributed by atoms with Crippen LogP contribution in [0.2, 0.25) is 0 Å². The Hall–Kier alpha value is -2.38. The van der Waals surface area contributed by atoms with Crippen molar-refractivity contribution in [1.29, 1.82) is 5.26 Å². The van der Waals surface area contributed by atoms with E-state index in [1.54, 1.807) is 12.4 Å². The Balaban J connectivity index is 2.02. The third-order valence-electron chi connectivity index (χ3n) is 3.17. The lowest BCUT2D eigenvalue weighted by Crippen LogP contribution is -2.03. The van der Waals surface area contributed by atoms with Crippen molar-refractivity contribution < 1.29 is 0 Å². The smallest absolute Gasteiger partial charge is 0.125 e. The van der Waals surface area contributed by atoms with Gasteiger partial charge in [0.15, 0.2) is 0 Å². The van der Waals surface area contributed by atoms with Crippen LogP contribution in [0.4, 0.5) is 0 Å². The zero-order chi connectivity index (χ0) is 13.9. The number of aromatic nitrogens is 3. The molecular formula is C15H11ClN4. The number of fused-ring (bicyclic) bond motifs is 1. The molecule has 0 fully saturated rings. The summed E-state index contributed by atoms with van der Waals surface area (Å²) in [6, 6.07) is 11.6. The Morgan fingerprint density at radius 3 is 2.70 bits per heavy atom. The molecule has 0 saturated heterocycles. The maximum absolute atomic E-state index is 8.82. The van der Waals surface area contributed by atoms with E-state index in [1.165, 1.54) is 0 Å². The van der Waals surface area contributed by atoms with Crippen LogP contribution in [0.5, 0.6) is 0 Å². The largest absolute Gasteiger partial charge is 0.322 e. The van der Waals surface area contributed by atoms with Gasteiger partial charge in [-0.05, 0) is 23.8 Å². The standard InChI is InChI=1S/C15H11ClN4/c16-7-15-19-13-9-18-6-5-14(13)20(15)10-12-3-1-11(8-17)2-4-12/h1-6,9H,7,10H2. The van der Waals surface area contributed by atoms with Crippen LogP contribution in [-0.2, 0) is 12.4 Å². The van der Waals surface area contributed by atoms with E-state index in [1.807, 2.05) is 30.3 Å². The van der Waals surface area contributed by atoms with E-state index in [9.17, 15) is 0 Å². The van der Waals surface area contributed by atoms with Gasteiger partial charge in [0.2, 0.25) is 0 Å². The average molecular weight is 283 g/mol. The number of imidazole rings is 1. The third kappa shape index (κ3) is 2.24. The van der Waals surface area contributed by atoms with Crippen LogP contribution in [0, 0.1) is 11.3 Å². The van der Waals surface area contributed by atoms with Crippen LogP contribution in [0.1, 0.15) is 17.0 Å². The summed E-state index contributed by atoms with van der Waals surface area (Å²) in [5.74, 6) is 1.17. The molecule has 0 atom stereocenters. The van der Waals surface area contributed by atoms with E-state index in [-0.39, 0.29) is 0 Å². The van der Waals surface area contributed by atoms with Gasteiger partial charge in [-0.15, -0.1) is 11.6 Å². The lowest BCUT2D eigenvalue weighted by molar-refractivity contribution is 0.778. The summed E-state index contributed by atoms with van der Waals surface area (Å²) in [4.78, 5) is 8.55. The molecule has 0 aliphatic carbocycles. The Bertz CT molecular complexity index is 784. The quantitative estimate of drug-likeness (QED) is 0.694. The predicted octanol–water partition coefficient (Wildman–Crippen LogP) is 3.09. The summed E-state index contributed by atoms with van der Waals surface area (Å²) >= 11 is 5.97. The first-order chi connectivity index (χ1) is 9.81. The van der Waals surface area contributed by atoms with Gasteiger partial charge in [-0.25, -0.2) is 4.98 Å². The highest BCUT2D eigenvalue weighted by Gasteiger charge is 2.10. The fourth-order valence-electron chi connectivity index (χ4n) is 2.18. The van der Waals surface area contributed by atoms with Crippen molar-refractivity contribution >= 4 is 22.6 Å². The molecule has 0 unspecified atom stereocenters. The number of alkyl halides is 1. The molecule has 2 heterocycles. The number of halogens is 1. The average Bonchev–Trinajstić information content (AvgIpc) is 2.86. The summed E-state index contributed by atoms with van der Waals surface area (Å²) in [6.45, 7) is 0.675. The first-order valence-corrected chi connectivity index (χ1v) is 6.69. The van der Waals surface area contributed by atoms with Gasteiger partial charge in [-0.1, -0.05) is 12.1 Å². The molecule has 0 bridgehead atoms. The van der Waals surface area contributed by atoms with Gasteiger partial charge in [-0.3, -0.25) is 4.98 Å². The number of nitrogens with zero attached hydrogens (tertiary/aromatic N) is 4. The summed E-state index contributed by atoms with van der Waals surface area (Å²) in [5.41, 5.74) is 3.62. The Morgan fingerprint density at radius 2 is 2.00 bits per heavy atom. The molecule has 0 spiro atoms. The highest BCUT2D eigenvalue weighted by molar-refractivity contribution is 6.16. The van der Waals surface area contributed by atoms with Gasteiger partial charge in [-0.2, -0.15) is 5.26 Å². The van der Waals surface area contributed by atoms with Crippen molar-refractivity contribution in [3.8, 4) is 6.07 Å². The summed E-state index contributed by atoms with van der Waals surface area (Å²) in [7, 11) is 0. The van der Waals surface area contributed by atoms with Crippen molar-refractivity contribution in [2.45, 2.75) is 12.4 Å². The highest BCUT2D eigenvalue weighted by atomic mass is 35.5. The van der Waals surface area contributed by atoms with Crippen molar-refractivity contribution in [2.75, 3.05) is 0 Å². The molecule has 3 aromatic rings. The maximum Gasteiger partial charge on any atom is 0.125 e. The second-order valence-corrected chi connectivity index (χ2v) is 4.69. The van der Waals surface area contributed by atoms with E-state index >= 15 is 0 Å². The van der Waals surface area contributed by atoms with Crippen molar-refractivity contribution in [2.24, 2.45) is 0 Å². The van der Waals surface area contributed by atoms with E-state index in [0.717, 1.165) is 22.4 Å².